The number of aliphatic hydroxyl groups excluding tert-OH is 4. The number of ether oxygens (including phenoxy) is 4. The van der Waals surface area contributed by atoms with Gasteiger partial charge in [0.25, 0.3) is 0 Å². The summed E-state index contributed by atoms with van der Waals surface area (Å²) in [7, 11) is 0. The minimum atomic E-state index is -1.62. The van der Waals surface area contributed by atoms with E-state index in [2.05, 4.69) is 92.8 Å². The van der Waals surface area contributed by atoms with E-state index in [9.17, 15) is 30.0 Å². The molecule has 0 bridgehead atoms. The van der Waals surface area contributed by atoms with Gasteiger partial charge in [0, 0.05) is 12.8 Å². The average molecular weight is 823 g/mol. The van der Waals surface area contributed by atoms with Crippen LogP contribution in [-0.4, -0.2) is 89.0 Å². The van der Waals surface area contributed by atoms with Crippen LogP contribution in [0.3, 0.4) is 0 Å². The number of aliphatic hydroxyl groups is 4. The third-order valence-electron chi connectivity index (χ3n) is 8.95. The molecule has 10 heteroatoms. The lowest BCUT2D eigenvalue weighted by Crippen LogP contribution is -2.59. The molecule has 1 fully saturated rings. The summed E-state index contributed by atoms with van der Waals surface area (Å²) in [4.78, 5) is 25.3. The second-order valence-corrected chi connectivity index (χ2v) is 14.1. The number of carbonyl (C=O) groups is 2. The van der Waals surface area contributed by atoms with Crippen molar-refractivity contribution in [3.05, 3.63) is 122 Å². The molecule has 1 saturated heterocycles. The summed E-state index contributed by atoms with van der Waals surface area (Å²) >= 11 is 0. The smallest absolute Gasteiger partial charge is 0.306 e. The molecule has 0 aromatic heterocycles. The van der Waals surface area contributed by atoms with Gasteiger partial charge in [0.15, 0.2) is 12.4 Å². The highest BCUT2D eigenvalue weighted by Crippen LogP contribution is 2.22. The van der Waals surface area contributed by atoms with E-state index < -0.39 is 55.4 Å². The summed E-state index contributed by atoms with van der Waals surface area (Å²) in [6, 6.07) is 0. The van der Waals surface area contributed by atoms with E-state index in [-0.39, 0.29) is 26.1 Å². The normalized spacial score (nSPS) is 21.2. The van der Waals surface area contributed by atoms with Gasteiger partial charge in [-0.3, -0.25) is 9.59 Å². The zero-order valence-corrected chi connectivity index (χ0v) is 35.7. The number of allylic oxidation sites excluding steroid dienone is 20. The van der Waals surface area contributed by atoms with Crippen molar-refractivity contribution in [2.24, 2.45) is 0 Å². The van der Waals surface area contributed by atoms with Gasteiger partial charge in [0.2, 0.25) is 0 Å². The van der Waals surface area contributed by atoms with E-state index in [1.54, 1.807) is 0 Å². The number of esters is 2. The Morgan fingerprint density at radius 2 is 1.07 bits per heavy atom. The van der Waals surface area contributed by atoms with Gasteiger partial charge in [-0.05, 0) is 70.6 Å². The molecule has 0 amide bonds. The van der Waals surface area contributed by atoms with Crippen LogP contribution in [0.15, 0.2) is 122 Å². The highest BCUT2D eigenvalue weighted by Gasteiger charge is 2.44. The van der Waals surface area contributed by atoms with Crippen molar-refractivity contribution in [2.75, 3.05) is 19.8 Å². The van der Waals surface area contributed by atoms with Crippen molar-refractivity contribution in [3.63, 3.8) is 0 Å². The van der Waals surface area contributed by atoms with E-state index >= 15 is 0 Å². The number of unbranched alkanes of at least 4 members (excludes halogenated alkanes) is 5. The quantitative estimate of drug-likeness (QED) is 0.0218. The maximum atomic E-state index is 12.7. The summed E-state index contributed by atoms with van der Waals surface area (Å²) in [5.74, 6) is -0.948. The predicted octanol–water partition coefficient (Wildman–Crippen LogP) is 9.10. The SMILES string of the molecule is CC/C=C/C=C/C=C/C=C/CCCCCCCC(=O)OC[C@H](CO[C@@H]1O[C@H](CO)[C@H](O)C(O)C1O)OC(=O)CC/C=C/C/C=C/C/C=C/C/C=C/C/C=C/C/C=C/CC. The van der Waals surface area contributed by atoms with Crippen molar-refractivity contribution < 1.29 is 49.0 Å². The molecule has 0 aromatic carbocycles. The molecule has 0 radical (unpaired) electrons. The molecule has 1 aliphatic heterocycles. The van der Waals surface area contributed by atoms with Gasteiger partial charge < -0.3 is 39.4 Å². The first-order valence-electron chi connectivity index (χ1n) is 21.7. The highest BCUT2D eigenvalue weighted by atomic mass is 16.7. The molecule has 1 heterocycles. The summed E-state index contributed by atoms with van der Waals surface area (Å²) < 4.78 is 22.0. The highest BCUT2D eigenvalue weighted by molar-refractivity contribution is 5.70. The van der Waals surface area contributed by atoms with E-state index in [0.29, 0.717) is 12.8 Å². The first-order chi connectivity index (χ1) is 28.8. The fourth-order valence-electron chi connectivity index (χ4n) is 5.57. The summed E-state index contributed by atoms with van der Waals surface area (Å²) in [5, 5.41) is 40.0. The molecular weight excluding hydrogens is 749 g/mol. The van der Waals surface area contributed by atoms with Gasteiger partial charge in [0.05, 0.1) is 13.2 Å². The molecule has 10 nitrogen and oxygen atoms in total. The minimum Gasteiger partial charge on any atom is -0.462 e. The first-order valence-corrected chi connectivity index (χ1v) is 21.7. The molecule has 2 unspecified atom stereocenters. The Labute approximate surface area is 354 Å². The van der Waals surface area contributed by atoms with Gasteiger partial charge in [0.1, 0.15) is 31.0 Å². The van der Waals surface area contributed by atoms with Crippen LogP contribution in [0.5, 0.6) is 0 Å². The topological polar surface area (TPSA) is 152 Å². The standard InChI is InChI=1S/C49H74O10/c1-3-5-7-9-11-13-15-17-19-20-21-22-24-26-28-30-32-34-36-38-45(52)58-42(41-57-49-48(55)47(54)46(53)43(39-50)59-49)40-56-44(51)37-35-33-31-29-27-25-23-18-16-14-12-10-8-6-4-2/h5-8,10-14,16-19,21-23,26,28,32,34,42-43,46-50,53-55H,3-4,9,15,20,24-25,27,29-31,33,35-41H2,1-2H3/b7-5+,8-6+,12-10+,13-11+,16-14+,19-17+,22-21+,23-18+,28-26+,34-32+/t42-,43-,46+,47?,48?,49-/m1/s1. The monoisotopic (exact) mass is 823 g/mol. The van der Waals surface area contributed by atoms with Gasteiger partial charge >= 0.3 is 11.9 Å². The first kappa shape index (κ1) is 53.1. The Morgan fingerprint density at radius 3 is 1.66 bits per heavy atom. The van der Waals surface area contributed by atoms with E-state index in [1.165, 1.54) is 0 Å². The molecule has 59 heavy (non-hydrogen) atoms. The number of hydrogen-bond donors (Lipinski definition) is 4. The lowest BCUT2D eigenvalue weighted by Gasteiger charge is -2.39. The Kier molecular flexibility index (Phi) is 34.5. The van der Waals surface area contributed by atoms with Gasteiger partial charge in [-0.15, -0.1) is 0 Å². The van der Waals surface area contributed by atoms with Gasteiger partial charge in [-0.25, -0.2) is 0 Å². The van der Waals surface area contributed by atoms with E-state index in [4.69, 9.17) is 18.9 Å². The van der Waals surface area contributed by atoms with E-state index in [1.807, 2.05) is 42.5 Å². The van der Waals surface area contributed by atoms with Crippen molar-refractivity contribution >= 4 is 11.9 Å². The third kappa shape index (κ3) is 29.9. The molecule has 4 N–H and O–H groups in total. The number of carbonyl (C=O) groups excluding carboxylic acids is 2. The van der Waals surface area contributed by atoms with Crippen LogP contribution in [0.1, 0.15) is 117 Å². The van der Waals surface area contributed by atoms with Gasteiger partial charge in [-0.2, -0.15) is 0 Å². The summed E-state index contributed by atoms with van der Waals surface area (Å²) in [6.07, 6.45) is 46.4. The predicted molar refractivity (Wildman–Crippen MR) is 237 cm³/mol. The molecule has 0 aromatic rings. The third-order valence-corrected chi connectivity index (χ3v) is 8.95. The number of rotatable bonds is 33. The van der Waals surface area contributed by atoms with Crippen molar-refractivity contribution in [2.45, 2.75) is 153 Å². The second-order valence-electron chi connectivity index (χ2n) is 14.1. The van der Waals surface area contributed by atoms with Crippen molar-refractivity contribution in [1.82, 2.24) is 0 Å². The van der Waals surface area contributed by atoms with Crippen LogP contribution < -0.4 is 0 Å². The van der Waals surface area contributed by atoms with Crippen LogP contribution in [-0.2, 0) is 28.5 Å². The Bertz CT molecular complexity index is 1370. The maximum absolute atomic E-state index is 12.7. The molecule has 330 valence electrons. The largest absolute Gasteiger partial charge is 0.462 e. The van der Waals surface area contributed by atoms with Crippen LogP contribution in [0, 0.1) is 0 Å². The summed E-state index contributed by atoms with van der Waals surface area (Å²) in [6.45, 7) is 3.03. The zero-order chi connectivity index (χ0) is 43.0. The Hall–Kier alpha value is -3.90. The molecule has 0 saturated carbocycles. The van der Waals surface area contributed by atoms with Crippen LogP contribution >= 0.6 is 0 Å². The lowest BCUT2D eigenvalue weighted by molar-refractivity contribution is -0.305. The Morgan fingerprint density at radius 1 is 0.542 bits per heavy atom. The fraction of sp³-hybridized carbons (Fsp3) is 0.551. The molecule has 1 aliphatic rings. The summed E-state index contributed by atoms with van der Waals surface area (Å²) in [5.41, 5.74) is 0. The minimum absolute atomic E-state index is 0.0907. The molecule has 0 aliphatic carbocycles. The second kappa shape index (κ2) is 38.3. The Balaban J connectivity index is 2.44. The number of hydrogen-bond acceptors (Lipinski definition) is 10. The van der Waals surface area contributed by atoms with E-state index in [0.717, 1.165) is 77.0 Å². The van der Waals surface area contributed by atoms with Crippen LogP contribution in [0.2, 0.25) is 0 Å². The average Bonchev–Trinajstić information content (AvgIpc) is 3.23. The van der Waals surface area contributed by atoms with Gasteiger partial charge in [-0.1, -0.05) is 155 Å². The molecule has 0 spiro atoms. The zero-order valence-electron chi connectivity index (χ0n) is 35.7. The van der Waals surface area contributed by atoms with Crippen LogP contribution in [0.25, 0.3) is 0 Å². The lowest BCUT2D eigenvalue weighted by atomic mass is 9.99. The van der Waals surface area contributed by atoms with Crippen LogP contribution in [0.4, 0.5) is 0 Å². The maximum Gasteiger partial charge on any atom is 0.306 e. The fourth-order valence-corrected chi connectivity index (χ4v) is 5.57. The molecular formula is C49H74O10. The molecule has 1 rings (SSSR count). The van der Waals surface area contributed by atoms with Crippen molar-refractivity contribution in [3.8, 4) is 0 Å². The molecule has 6 atom stereocenters. The van der Waals surface area contributed by atoms with Crippen molar-refractivity contribution in [1.29, 1.82) is 0 Å².